The molecular formula is C13H17N5O2. The molecule has 106 valence electrons. The first kappa shape index (κ1) is 13.0. The van der Waals surface area contributed by atoms with Crippen molar-refractivity contribution in [1.29, 1.82) is 0 Å². The van der Waals surface area contributed by atoms with E-state index in [2.05, 4.69) is 15.1 Å². The van der Waals surface area contributed by atoms with Crippen LogP contribution in [0.4, 0.5) is 0 Å². The summed E-state index contributed by atoms with van der Waals surface area (Å²) >= 11 is 0. The molecule has 0 bridgehead atoms. The van der Waals surface area contributed by atoms with E-state index in [1.165, 1.54) is 6.33 Å². The fourth-order valence-corrected chi connectivity index (χ4v) is 2.63. The van der Waals surface area contributed by atoms with Crippen molar-refractivity contribution in [2.24, 2.45) is 5.92 Å². The Hall–Kier alpha value is -2.02. The minimum atomic E-state index is -0.196. The molecule has 0 aliphatic heterocycles. The van der Waals surface area contributed by atoms with Gasteiger partial charge in [0.1, 0.15) is 6.33 Å². The highest BCUT2D eigenvalue weighted by molar-refractivity contribution is 5.95. The molecule has 7 nitrogen and oxygen atoms in total. The van der Waals surface area contributed by atoms with Crippen LogP contribution in [0.3, 0.4) is 0 Å². The van der Waals surface area contributed by atoms with Crippen LogP contribution in [0.5, 0.6) is 0 Å². The summed E-state index contributed by atoms with van der Waals surface area (Å²) in [5.41, 5.74) is 1.27. The lowest BCUT2D eigenvalue weighted by Crippen LogP contribution is -2.39. The maximum atomic E-state index is 12.4. The zero-order valence-corrected chi connectivity index (χ0v) is 11.5. The summed E-state index contributed by atoms with van der Waals surface area (Å²) in [5.74, 6) is 0.805. The molecule has 1 amide bonds. The number of hydrogen-bond donors (Lipinski definition) is 1. The second-order valence-electron chi connectivity index (χ2n) is 5.41. The molecule has 2 aromatic rings. The SMILES string of the molecule is Cc1c(C(=O)N(C)CC2CC(O)C2)cnc2ncnn12. The molecular weight excluding hydrogens is 258 g/mol. The van der Waals surface area contributed by atoms with Gasteiger partial charge in [-0.2, -0.15) is 10.1 Å². The summed E-state index contributed by atoms with van der Waals surface area (Å²) in [6, 6.07) is 0. The number of aliphatic hydroxyl groups is 1. The number of aliphatic hydroxyl groups excluding tert-OH is 1. The number of amides is 1. The van der Waals surface area contributed by atoms with Crippen LogP contribution in [-0.4, -0.2) is 55.2 Å². The normalized spacial score (nSPS) is 21.8. The van der Waals surface area contributed by atoms with E-state index in [1.54, 1.807) is 22.7 Å². The van der Waals surface area contributed by atoms with E-state index in [9.17, 15) is 9.90 Å². The molecule has 1 saturated carbocycles. The molecule has 0 aromatic carbocycles. The van der Waals surface area contributed by atoms with Crippen LogP contribution < -0.4 is 0 Å². The maximum Gasteiger partial charge on any atom is 0.257 e. The molecule has 7 heteroatoms. The minimum Gasteiger partial charge on any atom is -0.393 e. The maximum absolute atomic E-state index is 12.4. The quantitative estimate of drug-likeness (QED) is 0.869. The third-order valence-electron chi connectivity index (χ3n) is 3.87. The third-order valence-corrected chi connectivity index (χ3v) is 3.87. The number of hydrogen-bond acceptors (Lipinski definition) is 5. The van der Waals surface area contributed by atoms with Crippen LogP contribution in [-0.2, 0) is 0 Å². The monoisotopic (exact) mass is 275 g/mol. The summed E-state index contributed by atoms with van der Waals surface area (Å²) < 4.78 is 1.56. The second kappa shape index (κ2) is 4.82. The Kier molecular flexibility index (Phi) is 3.13. The average molecular weight is 275 g/mol. The van der Waals surface area contributed by atoms with Crippen LogP contribution in [0.15, 0.2) is 12.5 Å². The molecule has 0 unspecified atom stereocenters. The summed E-state index contributed by atoms with van der Waals surface area (Å²) in [7, 11) is 1.78. The van der Waals surface area contributed by atoms with Crippen LogP contribution in [0.2, 0.25) is 0 Å². The first-order chi connectivity index (χ1) is 9.56. The van der Waals surface area contributed by atoms with Crippen molar-refractivity contribution in [3.05, 3.63) is 23.8 Å². The van der Waals surface area contributed by atoms with Crippen LogP contribution in [0.1, 0.15) is 28.9 Å². The molecule has 0 spiro atoms. The van der Waals surface area contributed by atoms with Gasteiger partial charge in [-0.1, -0.05) is 0 Å². The predicted octanol–water partition coefficient (Wildman–Crippen LogP) is 0.276. The van der Waals surface area contributed by atoms with Crippen molar-refractivity contribution in [3.8, 4) is 0 Å². The number of carbonyl (C=O) groups is 1. The summed E-state index contributed by atoms with van der Waals surface area (Å²) in [6.07, 6.45) is 4.32. The average Bonchev–Trinajstić information content (AvgIpc) is 2.86. The van der Waals surface area contributed by atoms with Gasteiger partial charge in [0.05, 0.1) is 17.4 Å². The van der Waals surface area contributed by atoms with Gasteiger partial charge in [0.15, 0.2) is 0 Å². The minimum absolute atomic E-state index is 0.0752. The van der Waals surface area contributed by atoms with Crippen LogP contribution in [0, 0.1) is 12.8 Å². The Balaban J connectivity index is 1.79. The molecule has 20 heavy (non-hydrogen) atoms. The highest BCUT2D eigenvalue weighted by Crippen LogP contribution is 2.28. The highest BCUT2D eigenvalue weighted by Gasteiger charge is 2.29. The van der Waals surface area contributed by atoms with E-state index >= 15 is 0 Å². The van der Waals surface area contributed by atoms with E-state index in [4.69, 9.17) is 0 Å². The zero-order valence-electron chi connectivity index (χ0n) is 11.5. The van der Waals surface area contributed by atoms with E-state index in [0.717, 1.165) is 18.5 Å². The molecule has 1 aliphatic carbocycles. The van der Waals surface area contributed by atoms with E-state index in [-0.39, 0.29) is 12.0 Å². The van der Waals surface area contributed by atoms with Gasteiger partial charge in [0.25, 0.3) is 11.7 Å². The van der Waals surface area contributed by atoms with Crippen molar-refractivity contribution in [1.82, 2.24) is 24.5 Å². The molecule has 1 N–H and O–H groups in total. The van der Waals surface area contributed by atoms with Crippen LogP contribution in [0.25, 0.3) is 5.78 Å². The Morgan fingerprint density at radius 2 is 2.25 bits per heavy atom. The lowest BCUT2D eigenvalue weighted by molar-refractivity contribution is 0.0265. The number of aromatic nitrogens is 4. The van der Waals surface area contributed by atoms with Gasteiger partial charge in [0.2, 0.25) is 0 Å². The number of nitrogens with zero attached hydrogens (tertiary/aromatic N) is 5. The van der Waals surface area contributed by atoms with Gasteiger partial charge in [-0.05, 0) is 25.7 Å². The fraction of sp³-hybridized carbons (Fsp3) is 0.538. The van der Waals surface area contributed by atoms with Crippen molar-refractivity contribution < 1.29 is 9.90 Å². The van der Waals surface area contributed by atoms with E-state index in [0.29, 0.717) is 23.8 Å². The zero-order chi connectivity index (χ0) is 14.3. The van der Waals surface area contributed by atoms with E-state index in [1.807, 2.05) is 6.92 Å². The summed E-state index contributed by atoms with van der Waals surface area (Å²) in [6.45, 7) is 2.49. The highest BCUT2D eigenvalue weighted by atomic mass is 16.3. The number of rotatable bonds is 3. The topological polar surface area (TPSA) is 83.6 Å². The van der Waals surface area contributed by atoms with Gasteiger partial charge in [-0.25, -0.2) is 9.50 Å². The lowest BCUT2D eigenvalue weighted by Gasteiger charge is -2.34. The lowest BCUT2D eigenvalue weighted by atomic mass is 9.82. The van der Waals surface area contributed by atoms with Crippen molar-refractivity contribution in [2.45, 2.75) is 25.9 Å². The van der Waals surface area contributed by atoms with Gasteiger partial charge < -0.3 is 10.0 Å². The Morgan fingerprint density at radius 3 is 2.95 bits per heavy atom. The number of fused-ring (bicyclic) bond motifs is 1. The molecule has 0 atom stereocenters. The number of aryl methyl sites for hydroxylation is 1. The van der Waals surface area contributed by atoms with Crippen molar-refractivity contribution >= 4 is 11.7 Å². The van der Waals surface area contributed by atoms with Gasteiger partial charge in [-0.3, -0.25) is 4.79 Å². The smallest absolute Gasteiger partial charge is 0.257 e. The molecule has 2 heterocycles. The molecule has 3 rings (SSSR count). The van der Waals surface area contributed by atoms with Gasteiger partial charge in [-0.15, -0.1) is 0 Å². The molecule has 0 saturated heterocycles. The Bertz CT molecular complexity index is 647. The molecule has 1 fully saturated rings. The first-order valence-electron chi connectivity index (χ1n) is 6.65. The Labute approximate surface area is 116 Å². The fourth-order valence-electron chi connectivity index (χ4n) is 2.63. The Morgan fingerprint density at radius 1 is 1.50 bits per heavy atom. The van der Waals surface area contributed by atoms with Gasteiger partial charge in [0, 0.05) is 19.8 Å². The summed E-state index contributed by atoms with van der Waals surface area (Å²) in [5, 5.41) is 13.4. The first-order valence-corrected chi connectivity index (χ1v) is 6.65. The predicted molar refractivity (Wildman–Crippen MR) is 71.2 cm³/mol. The molecule has 1 aliphatic rings. The third kappa shape index (κ3) is 2.14. The standard InChI is InChI=1S/C13H17N5O2/c1-8-11(5-14-13-15-7-16-18(8)13)12(20)17(2)6-9-3-10(19)4-9/h5,7,9-10,19H,3-4,6H2,1-2H3. The largest absolute Gasteiger partial charge is 0.393 e. The van der Waals surface area contributed by atoms with Gasteiger partial charge >= 0.3 is 0 Å². The number of carbonyl (C=O) groups excluding carboxylic acids is 1. The van der Waals surface area contributed by atoms with Crippen molar-refractivity contribution in [2.75, 3.05) is 13.6 Å². The summed E-state index contributed by atoms with van der Waals surface area (Å²) in [4.78, 5) is 22.3. The second-order valence-corrected chi connectivity index (χ2v) is 5.41. The molecule has 2 aromatic heterocycles. The van der Waals surface area contributed by atoms with E-state index < -0.39 is 0 Å². The molecule has 0 radical (unpaired) electrons. The van der Waals surface area contributed by atoms with Crippen LogP contribution >= 0.6 is 0 Å². The van der Waals surface area contributed by atoms with Crippen molar-refractivity contribution in [3.63, 3.8) is 0 Å².